The van der Waals surface area contributed by atoms with Gasteiger partial charge in [-0.15, -0.1) is 0 Å². The van der Waals surface area contributed by atoms with E-state index >= 15 is 0 Å². The van der Waals surface area contributed by atoms with Crippen molar-refractivity contribution in [3.8, 4) is 22.9 Å². The van der Waals surface area contributed by atoms with Gasteiger partial charge < -0.3 is 10.2 Å². The molecular formula is C36H30Cl2CuN6O4. The third kappa shape index (κ3) is 7.98. The summed E-state index contributed by atoms with van der Waals surface area (Å²) in [7, 11) is 3.59. The van der Waals surface area contributed by atoms with Crippen LogP contribution >= 0.6 is 23.2 Å². The molecule has 0 N–H and O–H groups in total. The minimum Gasteiger partial charge on any atom is -0.872 e. The van der Waals surface area contributed by atoms with Crippen molar-refractivity contribution >= 4 is 47.0 Å². The first-order valence-electron chi connectivity index (χ1n) is 14.7. The molecule has 10 nitrogen and oxygen atoms in total. The largest absolute Gasteiger partial charge is 2.00 e. The fraction of sp³-hybridized carbons (Fsp3) is 0.111. The van der Waals surface area contributed by atoms with E-state index < -0.39 is 0 Å². The third-order valence-electron chi connectivity index (χ3n) is 7.66. The van der Waals surface area contributed by atoms with Crippen LogP contribution in [0.15, 0.2) is 117 Å². The molecule has 0 aliphatic rings. The quantitative estimate of drug-likeness (QED) is 0.155. The Morgan fingerprint density at radius 1 is 0.592 bits per heavy atom. The van der Waals surface area contributed by atoms with E-state index in [2.05, 4.69) is 9.98 Å². The Balaban J connectivity index is 0.000000216. The van der Waals surface area contributed by atoms with Crippen LogP contribution in [0, 0.1) is 13.8 Å². The number of halogens is 2. The first-order chi connectivity index (χ1) is 23.0. The Labute approximate surface area is 302 Å². The minimum atomic E-state index is -0.244. The SMILES string of the molecule is Cc1c(N=Cc2cc(Cl)ccc2[O-])c(=O)n(-c2ccccc2)n1C.Cc1c(N=Cc2cc(Cl)ccc2[O-])c(=O)n(-c2ccccc2)n1C.[Cu+2]. The Hall–Kier alpha value is -5.06. The Morgan fingerprint density at radius 2 is 0.939 bits per heavy atom. The molecule has 0 saturated carbocycles. The molecule has 6 aromatic rings. The molecule has 0 atom stereocenters. The maximum Gasteiger partial charge on any atom is 2.00 e. The van der Waals surface area contributed by atoms with Crippen molar-refractivity contribution in [3.05, 3.63) is 150 Å². The van der Waals surface area contributed by atoms with E-state index in [0.717, 1.165) is 11.4 Å². The molecule has 0 aliphatic heterocycles. The van der Waals surface area contributed by atoms with Crippen molar-refractivity contribution < 1.29 is 27.3 Å². The second-order valence-electron chi connectivity index (χ2n) is 10.7. The summed E-state index contributed by atoms with van der Waals surface area (Å²) in [5, 5.41) is 24.5. The zero-order valence-corrected chi connectivity index (χ0v) is 29.2. The molecule has 0 bridgehead atoms. The maximum atomic E-state index is 12.7. The maximum absolute atomic E-state index is 12.7. The summed E-state index contributed by atoms with van der Waals surface area (Å²) in [5.74, 6) is -0.389. The summed E-state index contributed by atoms with van der Waals surface area (Å²) in [4.78, 5) is 33.9. The number of aliphatic imine (C=N–C) groups is 2. The minimum absolute atomic E-state index is 0. The molecule has 4 aromatic carbocycles. The van der Waals surface area contributed by atoms with Crippen molar-refractivity contribution in [1.29, 1.82) is 0 Å². The first kappa shape index (κ1) is 36.8. The number of nitrogens with zero attached hydrogens (tertiary/aromatic N) is 6. The van der Waals surface area contributed by atoms with E-state index in [1.54, 1.807) is 23.5 Å². The van der Waals surface area contributed by atoms with Gasteiger partial charge in [0, 0.05) is 36.6 Å². The fourth-order valence-electron chi connectivity index (χ4n) is 4.91. The van der Waals surface area contributed by atoms with Crippen molar-refractivity contribution in [2.75, 3.05) is 0 Å². The zero-order chi connectivity index (χ0) is 34.5. The van der Waals surface area contributed by atoms with Crippen LogP contribution in [0.1, 0.15) is 22.5 Å². The fourth-order valence-corrected chi connectivity index (χ4v) is 5.28. The summed E-state index contributed by atoms with van der Waals surface area (Å²) >= 11 is 11.8. The molecule has 2 heterocycles. The summed E-state index contributed by atoms with van der Waals surface area (Å²) in [6, 6.07) is 27.5. The Kier molecular flexibility index (Phi) is 11.9. The average Bonchev–Trinajstić information content (AvgIpc) is 3.43. The summed E-state index contributed by atoms with van der Waals surface area (Å²) < 4.78 is 6.55. The molecule has 253 valence electrons. The number of para-hydroxylation sites is 2. The van der Waals surface area contributed by atoms with Gasteiger partial charge in [0.2, 0.25) is 0 Å². The van der Waals surface area contributed by atoms with Crippen LogP contribution in [0.25, 0.3) is 11.4 Å². The van der Waals surface area contributed by atoms with E-state index in [0.29, 0.717) is 43.9 Å². The molecule has 6 rings (SSSR count). The van der Waals surface area contributed by atoms with Crippen molar-refractivity contribution in [2.24, 2.45) is 24.1 Å². The molecule has 49 heavy (non-hydrogen) atoms. The van der Waals surface area contributed by atoms with Crippen LogP contribution in [0.2, 0.25) is 10.0 Å². The van der Waals surface area contributed by atoms with Crippen LogP contribution in [0.3, 0.4) is 0 Å². The van der Waals surface area contributed by atoms with Gasteiger partial charge in [-0.2, -0.15) is 0 Å². The third-order valence-corrected chi connectivity index (χ3v) is 8.13. The van der Waals surface area contributed by atoms with Gasteiger partial charge in [-0.25, -0.2) is 19.3 Å². The van der Waals surface area contributed by atoms with Crippen LogP contribution in [-0.4, -0.2) is 31.2 Å². The van der Waals surface area contributed by atoms with Gasteiger partial charge in [-0.05, 0) is 73.5 Å². The van der Waals surface area contributed by atoms with Crippen molar-refractivity contribution in [1.82, 2.24) is 18.7 Å². The molecule has 0 aliphatic carbocycles. The van der Waals surface area contributed by atoms with Gasteiger partial charge in [0.15, 0.2) is 11.4 Å². The molecule has 2 aromatic heterocycles. The predicted octanol–water partition coefficient (Wildman–Crippen LogP) is 5.92. The Bertz CT molecular complexity index is 2110. The standard InChI is InChI=1S/2C18H16ClN3O2.Cu/c2*1-12-17(20-11-13-10-14(19)8-9-16(13)23)18(24)22(21(12)2)15-6-4-3-5-7-15;/h2*3-11,23H,1-2H3;/q;;+2/p-2. The number of benzene rings is 4. The molecule has 13 heteroatoms. The van der Waals surface area contributed by atoms with E-state index in [9.17, 15) is 19.8 Å². The van der Waals surface area contributed by atoms with E-state index in [4.69, 9.17) is 23.2 Å². The molecule has 0 saturated heterocycles. The molecule has 0 unspecified atom stereocenters. The second-order valence-corrected chi connectivity index (χ2v) is 11.6. The van der Waals surface area contributed by atoms with Crippen LogP contribution in [-0.2, 0) is 31.2 Å². The number of rotatable bonds is 6. The molecule has 1 radical (unpaired) electrons. The number of hydrogen-bond acceptors (Lipinski definition) is 6. The van der Waals surface area contributed by atoms with Crippen LogP contribution in [0.4, 0.5) is 11.4 Å². The smallest absolute Gasteiger partial charge is 0.872 e. The molecule has 0 fully saturated rings. The number of aromatic nitrogens is 4. The van der Waals surface area contributed by atoms with Gasteiger partial charge in [0.25, 0.3) is 11.1 Å². The summed E-state index contributed by atoms with van der Waals surface area (Å²) in [5.41, 5.74) is 3.70. The predicted molar refractivity (Wildman–Crippen MR) is 188 cm³/mol. The topological polar surface area (TPSA) is 125 Å². The zero-order valence-electron chi connectivity index (χ0n) is 26.8. The molecule has 0 spiro atoms. The van der Waals surface area contributed by atoms with E-state index in [-0.39, 0.29) is 39.7 Å². The van der Waals surface area contributed by atoms with E-state index in [1.807, 2.05) is 74.5 Å². The molecular weight excluding hydrogens is 715 g/mol. The normalized spacial score (nSPS) is 11.1. The van der Waals surface area contributed by atoms with Gasteiger partial charge in [0.1, 0.15) is 0 Å². The summed E-state index contributed by atoms with van der Waals surface area (Å²) in [6.07, 6.45) is 2.76. The van der Waals surface area contributed by atoms with Gasteiger partial charge in [-0.3, -0.25) is 19.0 Å². The van der Waals surface area contributed by atoms with Gasteiger partial charge in [-0.1, -0.05) is 83.2 Å². The van der Waals surface area contributed by atoms with Crippen LogP contribution < -0.4 is 21.3 Å². The van der Waals surface area contributed by atoms with Crippen molar-refractivity contribution in [2.45, 2.75) is 13.8 Å². The monoisotopic (exact) mass is 743 g/mol. The van der Waals surface area contributed by atoms with Gasteiger partial charge in [0.05, 0.1) is 22.8 Å². The molecule has 0 amide bonds. The average molecular weight is 745 g/mol. The second kappa shape index (κ2) is 15.9. The number of hydrogen-bond donors (Lipinski definition) is 0. The summed E-state index contributed by atoms with van der Waals surface area (Å²) in [6.45, 7) is 3.62. The van der Waals surface area contributed by atoms with Crippen LogP contribution in [0.5, 0.6) is 11.5 Å². The first-order valence-corrected chi connectivity index (χ1v) is 15.4. The van der Waals surface area contributed by atoms with Crippen molar-refractivity contribution in [3.63, 3.8) is 0 Å². The Morgan fingerprint density at radius 3 is 1.29 bits per heavy atom. The van der Waals surface area contributed by atoms with Gasteiger partial charge >= 0.3 is 17.1 Å². The van der Waals surface area contributed by atoms with E-state index in [1.165, 1.54) is 58.2 Å².